The van der Waals surface area contributed by atoms with Crippen LogP contribution in [0.15, 0.2) is 61.2 Å². The second-order valence-electron chi connectivity index (χ2n) is 5.35. The first kappa shape index (κ1) is 16.4. The number of nitrogens with one attached hydrogen (secondary N) is 2. The van der Waals surface area contributed by atoms with Gasteiger partial charge in [0.2, 0.25) is 0 Å². The van der Waals surface area contributed by atoms with E-state index in [2.05, 4.69) is 27.6 Å². The molecule has 0 spiro atoms. The molecule has 0 saturated heterocycles. The van der Waals surface area contributed by atoms with E-state index < -0.39 is 11.8 Å². The minimum Gasteiger partial charge on any atom is -0.318 e. The normalized spacial score (nSPS) is 10.3. The number of aromatic nitrogens is 3. The van der Waals surface area contributed by atoms with Crippen molar-refractivity contribution in [3.05, 3.63) is 66.7 Å². The Morgan fingerprint density at radius 3 is 1.96 bits per heavy atom. The second kappa shape index (κ2) is 7.39. The molecule has 7 heteroatoms. The molecule has 0 radical (unpaired) electrons. The van der Waals surface area contributed by atoms with E-state index in [4.69, 9.17) is 0 Å². The van der Waals surface area contributed by atoms with Gasteiger partial charge in [0.25, 0.3) is 0 Å². The molecule has 126 valence electrons. The van der Waals surface area contributed by atoms with Gasteiger partial charge in [-0.2, -0.15) is 5.10 Å². The molecule has 7 nitrogen and oxygen atoms in total. The fourth-order valence-corrected chi connectivity index (χ4v) is 2.24. The summed E-state index contributed by atoms with van der Waals surface area (Å²) in [4.78, 5) is 27.9. The van der Waals surface area contributed by atoms with Crippen LogP contribution in [0, 0.1) is 0 Å². The summed E-state index contributed by atoms with van der Waals surface area (Å²) in [5.41, 5.74) is 3.06. The third-order valence-corrected chi connectivity index (χ3v) is 3.63. The first-order valence-corrected chi connectivity index (χ1v) is 7.82. The molecule has 1 heterocycles. The van der Waals surface area contributed by atoms with E-state index in [0.717, 1.165) is 17.7 Å². The first-order chi connectivity index (χ1) is 12.2. The number of carbonyl (C=O) groups is 2. The van der Waals surface area contributed by atoms with Crippen molar-refractivity contribution < 1.29 is 9.59 Å². The molecule has 3 aromatic rings. The Morgan fingerprint density at radius 1 is 0.920 bits per heavy atom. The summed E-state index contributed by atoms with van der Waals surface area (Å²) in [6.45, 7) is 2.05. The lowest BCUT2D eigenvalue weighted by atomic mass is 10.1. The van der Waals surface area contributed by atoms with E-state index in [1.165, 1.54) is 6.33 Å². The van der Waals surface area contributed by atoms with Crippen molar-refractivity contribution in [2.45, 2.75) is 13.3 Å². The highest BCUT2D eigenvalue weighted by atomic mass is 16.2. The highest BCUT2D eigenvalue weighted by Crippen LogP contribution is 2.13. The standard InChI is InChI=1S/C18H17N5O2/c1-2-13-3-5-14(6-4-13)21-17(24)18(25)22-15-7-9-16(10-8-15)23-12-19-11-20-23/h3-12H,2H2,1H3,(H,21,24)(H,22,25). The Morgan fingerprint density at radius 2 is 1.48 bits per heavy atom. The summed E-state index contributed by atoms with van der Waals surface area (Å²) >= 11 is 0. The Balaban J connectivity index is 1.60. The lowest BCUT2D eigenvalue weighted by Crippen LogP contribution is -2.29. The molecule has 1 aromatic heterocycles. The van der Waals surface area contributed by atoms with Gasteiger partial charge in [0, 0.05) is 11.4 Å². The van der Waals surface area contributed by atoms with Crippen molar-refractivity contribution in [1.82, 2.24) is 14.8 Å². The molecular weight excluding hydrogens is 318 g/mol. The topological polar surface area (TPSA) is 88.9 Å². The van der Waals surface area contributed by atoms with Crippen LogP contribution in [0.25, 0.3) is 5.69 Å². The number of aryl methyl sites for hydroxylation is 1. The molecule has 0 atom stereocenters. The molecule has 0 aliphatic heterocycles. The van der Waals surface area contributed by atoms with Gasteiger partial charge < -0.3 is 10.6 Å². The minimum atomic E-state index is -0.729. The molecule has 0 saturated carbocycles. The van der Waals surface area contributed by atoms with Gasteiger partial charge >= 0.3 is 11.8 Å². The third kappa shape index (κ3) is 4.08. The quantitative estimate of drug-likeness (QED) is 0.717. The van der Waals surface area contributed by atoms with Crippen LogP contribution < -0.4 is 10.6 Å². The molecular formula is C18H17N5O2. The van der Waals surface area contributed by atoms with Crippen LogP contribution in [0.5, 0.6) is 0 Å². The summed E-state index contributed by atoms with van der Waals surface area (Å²) in [5, 5.41) is 9.15. The van der Waals surface area contributed by atoms with Crippen LogP contribution >= 0.6 is 0 Å². The van der Waals surface area contributed by atoms with Crippen molar-refractivity contribution in [2.75, 3.05) is 10.6 Å². The molecule has 3 rings (SSSR count). The molecule has 0 aliphatic rings. The lowest BCUT2D eigenvalue weighted by Gasteiger charge is -2.08. The number of hydrogen-bond acceptors (Lipinski definition) is 4. The molecule has 2 N–H and O–H groups in total. The Labute approximate surface area is 144 Å². The summed E-state index contributed by atoms with van der Waals surface area (Å²) in [6.07, 6.45) is 3.93. The zero-order valence-electron chi connectivity index (χ0n) is 13.6. The summed E-state index contributed by atoms with van der Waals surface area (Å²) in [7, 11) is 0. The summed E-state index contributed by atoms with van der Waals surface area (Å²) in [6, 6.07) is 14.3. The van der Waals surface area contributed by atoms with Gasteiger partial charge in [-0.05, 0) is 48.4 Å². The van der Waals surface area contributed by atoms with Crippen molar-refractivity contribution >= 4 is 23.2 Å². The fraction of sp³-hybridized carbons (Fsp3) is 0.111. The van der Waals surface area contributed by atoms with Gasteiger partial charge in [-0.25, -0.2) is 9.67 Å². The van der Waals surface area contributed by atoms with Crippen molar-refractivity contribution in [1.29, 1.82) is 0 Å². The summed E-state index contributed by atoms with van der Waals surface area (Å²) < 4.78 is 1.60. The van der Waals surface area contributed by atoms with Crippen LogP contribution in [0.1, 0.15) is 12.5 Å². The largest absolute Gasteiger partial charge is 0.318 e. The van der Waals surface area contributed by atoms with Crippen LogP contribution in [0.4, 0.5) is 11.4 Å². The first-order valence-electron chi connectivity index (χ1n) is 7.82. The zero-order chi connectivity index (χ0) is 17.6. The molecule has 0 bridgehead atoms. The highest BCUT2D eigenvalue weighted by Gasteiger charge is 2.14. The maximum atomic E-state index is 12.0. The van der Waals surface area contributed by atoms with Gasteiger partial charge in [0.15, 0.2) is 0 Å². The Kier molecular flexibility index (Phi) is 4.84. The smallest absolute Gasteiger partial charge is 0.314 e. The van der Waals surface area contributed by atoms with E-state index in [0.29, 0.717) is 11.4 Å². The maximum absolute atomic E-state index is 12.0. The second-order valence-corrected chi connectivity index (χ2v) is 5.35. The summed E-state index contributed by atoms with van der Waals surface area (Å²) in [5.74, 6) is -1.45. The van der Waals surface area contributed by atoms with E-state index >= 15 is 0 Å². The van der Waals surface area contributed by atoms with E-state index in [1.54, 1.807) is 47.4 Å². The molecule has 0 fully saturated rings. The predicted molar refractivity (Wildman–Crippen MR) is 94.4 cm³/mol. The third-order valence-electron chi connectivity index (χ3n) is 3.63. The monoisotopic (exact) mass is 335 g/mol. The van der Waals surface area contributed by atoms with Crippen molar-refractivity contribution in [2.24, 2.45) is 0 Å². The molecule has 0 aliphatic carbocycles. The van der Waals surface area contributed by atoms with Crippen LogP contribution in [-0.4, -0.2) is 26.6 Å². The zero-order valence-corrected chi connectivity index (χ0v) is 13.6. The average Bonchev–Trinajstić information content (AvgIpc) is 3.17. The number of rotatable bonds is 4. The highest BCUT2D eigenvalue weighted by molar-refractivity contribution is 6.43. The van der Waals surface area contributed by atoms with Gasteiger partial charge in [-0.3, -0.25) is 9.59 Å². The molecule has 2 amide bonds. The fourth-order valence-electron chi connectivity index (χ4n) is 2.24. The lowest BCUT2D eigenvalue weighted by molar-refractivity contribution is -0.132. The molecule has 0 unspecified atom stereocenters. The van der Waals surface area contributed by atoms with Crippen molar-refractivity contribution in [3.63, 3.8) is 0 Å². The maximum Gasteiger partial charge on any atom is 0.314 e. The number of hydrogen-bond donors (Lipinski definition) is 2. The number of anilines is 2. The number of nitrogens with zero attached hydrogens (tertiary/aromatic N) is 3. The predicted octanol–water partition coefficient (Wildman–Crippen LogP) is 2.41. The van der Waals surface area contributed by atoms with E-state index in [1.807, 2.05) is 12.1 Å². The van der Waals surface area contributed by atoms with Crippen LogP contribution in [0.2, 0.25) is 0 Å². The van der Waals surface area contributed by atoms with Gasteiger partial charge in [0.1, 0.15) is 12.7 Å². The number of carbonyl (C=O) groups excluding carboxylic acids is 2. The van der Waals surface area contributed by atoms with E-state index in [9.17, 15) is 9.59 Å². The van der Waals surface area contributed by atoms with Gasteiger partial charge in [-0.15, -0.1) is 0 Å². The van der Waals surface area contributed by atoms with Gasteiger partial charge in [0.05, 0.1) is 5.69 Å². The molecule has 2 aromatic carbocycles. The SMILES string of the molecule is CCc1ccc(NC(=O)C(=O)Nc2ccc(-n3cncn3)cc2)cc1. The number of benzene rings is 2. The van der Waals surface area contributed by atoms with Crippen molar-refractivity contribution in [3.8, 4) is 5.69 Å². The minimum absolute atomic E-state index is 0.519. The van der Waals surface area contributed by atoms with Crippen LogP contribution in [-0.2, 0) is 16.0 Å². The average molecular weight is 335 g/mol. The van der Waals surface area contributed by atoms with E-state index in [-0.39, 0.29) is 0 Å². The Bertz CT molecular complexity index is 855. The van der Waals surface area contributed by atoms with Gasteiger partial charge in [-0.1, -0.05) is 19.1 Å². The number of amides is 2. The Hall–Kier alpha value is -3.48. The molecule has 25 heavy (non-hydrogen) atoms. The van der Waals surface area contributed by atoms with Crippen LogP contribution in [0.3, 0.4) is 0 Å².